The average Bonchev–Trinajstić information content (AvgIpc) is 2.30. The molecule has 0 spiro atoms. The Morgan fingerprint density at radius 1 is 1.41 bits per heavy atom. The molecule has 0 unspecified atom stereocenters. The van der Waals surface area contributed by atoms with Crippen LogP contribution in [0.4, 0.5) is 0 Å². The third-order valence-electron chi connectivity index (χ3n) is 3.50. The topological polar surface area (TPSA) is 20.3 Å². The van der Waals surface area contributed by atoms with Gasteiger partial charge < -0.3 is 4.90 Å². The van der Waals surface area contributed by atoms with Crippen LogP contribution >= 0.6 is 15.9 Å². The Hall–Kier alpha value is -0.830. The monoisotopic (exact) mass is 297 g/mol. The number of halogens is 1. The van der Waals surface area contributed by atoms with Crippen LogP contribution in [0.3, 0.4) is 0 Å². The Morgan fingerprint density at radius 2 is 2.00 bits per heavy atom. The molecule has 0 bridgehead atoms. The molecule has 3 heteroatoms. The summed E-state index contributed by atoms with van der Waals surface area (Å²) in [5.74, 6) is 0.0672. The predicted molar refractivity (Wildman–Crippen MR) is 75.3 cm³/mol. The highest BCUT2D eigenvalue weighted by molar-refractivity contribution is 9.10. The van der Waals surface area contributed by atoms with E-state index in [4.69, 9.17) is 0 Å². The van der Waals surface area contributed by atoms with Gasteiger partial charge in [-0.25, -0.2) is 0 Å². The molecule has 2 nitrogen and oxygen atoms in total. The summed E-state index contributed by atoms with van der Waals surface area (Å²) >= 11 is 3.46. The van der Waals surface area contributed by atoms with Crippen LogP contribution in [0.15, 0.2) is 22.7 Å². The van der Waals surface area contributed by atoms with E-state index < -0.39 is 0 Å². The van der Waals surface area contributed by atoms with Gasteiger partial charge in [-0.3, -0.25) is 4.79 Å². The number of hydrogen-bond acceptors (Lipinski definition) is 1. The van der Waals surface area contributed by atoms with Crippen molar-refractivity contribution < 1.29 is 4.79 Å². The smallest absolute Gasteiger partial charge is 0.254 e. The maximum absolute atomic E-state index is 12.3. The lowest BCUT2D eigenvalue weighted by molar-refractivity contribution is 0.0620. The summed E-state index contributed by atoms with van der Waals surface area (Å²) in [4.78, 5) is 14.1. The van der Waals surface area contributed by atoms with E-state index >= 15 is 0 Å². The van der Waals surface area contributed by atoms with Crippen LogP contribution in [0.5, 0.6) is 0 Å². The van der Waals surface area contributed by atoms with E-state index in [0.29, 0.717) is 0 Å². The van der Waals surface area contributed by atoms with E-state index in [1.807, 2.05) is 37.1 Å². The lowest BCUT2D eigenvalue weighted by atomic mass is 9.98. The second-order valence-electron chi connectivity index (χ2n) is 4.99. The maximum atomic E-state index is 12.3. The van der Waals surface area contributed by atoms with E-state index in [9.17, 15) is 4.79 Å². The summed E-state index contributed by atoms with van der Waals surface area (Å²) in [6.07, 6.45) is 0.933. The van der Waals surface area contributed by atoms with Gasteiger partial charge in [0.25, 0.3) is 5.91 Å². The van der Waals surface area contributed by atoms with Crippen LogP contribution in [0.1, 0.15) is 43.1 Å². The van der Waals surface area contributed by atoms with E-state index in [-0.39, 0.29) is 11.4 Å². The van der Waals surface area contributed by atoms with Gasteiger partial charge in [0.2, 0.25) is 0 Å². The highest BCUT2D eigenvalue weighted by atomic mass is 79.9. The average molecular weight is 298 g/mol. The zero-order valence-electron chi connectivity index (χ0n) is 11.2. The van der Waals surface area contributed by atoms with Crippen LogP contribution in [-0.2, 0) is 0 Å². The van der Waals surface area contributed by atoms with Crippen LogP contribution in [0.2, 0.25) is 0 Å². The molecule has 0 atom stereocenters. The fraction of sp³-hybridized carbons (Fsp3) is 0.500. The Morgan fingerprint density at radius 3 is 2.47 bits per heavy atom. The van der Waals surface area contributed by atoms with Crippen molar-refractivity contribution in [2.75, 3.05) is 7.05 Å². The second-order valence-corrected chi connectivity index (χ2v) is 5.85. The SMILES string of the molecule is CCC(C)(C)N(C)C(=O)c1ccc(C)c(Br)c1. The summed E-state index contributed by atoms with van der Waals surface area (Å²) < 4.78 is 0.978. The number of nitrogens with zero attached hydrogens (tertiary/aromatic N) is 1. The molecule has 0 aliphatic heterocycles. The summed E-state index contributed by atoms with van der Waals surface area (Å²) in [5, 5.41) is 0. The number of carbonyl (C=O) groups is 1. The van der Waals surface area contributed by atoms with Crippen LogP contribution in [-0.4, -0.2) is 23.4 Å². The summed E-state index contributed by atoms with van der Waals surface area (Å²) in [7, 11) is 1.86. The fourth-order valence-corrected chi connectivity index (χ4v) is 1.81. The van der Waals surface area contributed by atoms with Crippen LogP contribution < -0.4 is 0 Å². The largest absolute Gasteiger partial charge is 0.337 e. The minimum absolute atomic E-state index is 0.0672. The molecule has 0 fully saturated rings. The molecule has 0 saturated heterocycles. The first-order valence-corrected chi connectivity index (χ1v) is 6.63. The molecule has 94 valence electrons. The summed E-state index contributed by atoms with van der Waals surface area (Å²) in [6, 6.07) is 5.73. The third-order valence-corrected chi connectivity index (χ3v) is 4.35. The molecule has 0 radical (unpaired) electrons. The molecule has 1 aromatic rings. The van der Waals surface area contributed by atoms with Gasteiger partial charge in [-0.15, -0.1) is 0 Å². The van der Waals surface area contributed by atoms with Gasteiger partial charge in [-0.05, 0) is 44.9 Å². The van der Waals surface area contributed by atoms with Crippen molar-refractivity contribution in [3.63, 3.8) is 0 Å². The van der Waals surface area contributed by atoms with Gasteiger partial charge in [-0.1, -0.05) is 28.9 Å². The molecule has 1 aromatic carbocycles. The zero-order chi connectivity index (χ0) is 13.2. The number of benzene rings is 1. The van der Waals surface area contributed by atoms with E-state index in [1.165, 1.54) is 0 Å². The normalized spacial score (nSPS) is 11.4. The van der Waals surface area contributed by atoms with Crippen molar-refractivity contribution in [1.82, 2.24) is 4.90 Å². The highest BCUT2D eigenvalue weighted by Gasteiger charge is 2.26. The summed E-state index contributed by atoms with van der Waals surface area (Å²) in [5.41, 5.74) is 1.75. The molecular weight excluding hydrogens is 278 g/mol. The Balaban J connectivity index is 3.01. The molecule has 0 aliphatic rings. The first-order chi connectivity index (χ1) is 7.79. The van der Waals surface area contributed by atoms with Crippen molar-refractivity contribution >= 4 is 21.8 Å². The van der Waals surface area contributed by atoms with Gasteiger partial charge in [0.15, 0.2) is 0 Å². The quantitative estimate of drug-likeness (QED) is 0.825. The predicted octanol–water partition coefficient (Wildman–Crippen LogP) is 4.02. The molecule has 0 aromatic heterocycles. The minimum atomic E-state index is -0.117. The molecule has 0 saturated carbocycles. The number of aryl methyl sites for hydroxylation is 1. The van der Waals surface area contributed by atoms with Gasteiger partial charge in [-0.2, -0.15) is 0 Å². The number of amides is 1. The first-order valence-electron chi connectivity index (χ1n) is 5.84. The number of hydrogen-bond donors (Lipinski definition) is 0. The van der Waals surface area contributed by atoms with Crippen molar-refractivity contribution in [2.45, 2.75) is 39.7 Å². The minimum Gasteiger partial charge on any atom is -0.337 e. The Bertz CT molecular complexity index is 426. The standard InChI is InChI=1S/C14H20BrNO/c1-6-14(3,4)16(5)13(17)11-8-7-10(2)12(15)9-11/h7-9H,6H2,1-5H3. The van der Waals surface area contributed by atoms with Gasteiger partial charge in [0.05, 0.1) is 0 Å². The van der Waals surface area contributed by atoms with Gasteiger partial charge in [0, 0.05) is 22.6 Å². The highest BCUT2D eigenvalue weighted by Crippen LogP contribution is 2.22. The van der Waals surface area contributed by atoms with Crippen LogP contribution in [0.25, 0.3) is 0 Å². The number of rotatable bonds is 3. The van der Waals surface area contributed by atoms with Gasteiger partial charge >= 0.3 is 0 Å². The third kappa shape index (κ3) is 3.09. The second kappa shape index (κ2) is 5.21. The zero-order valence-corrected chi connectivity index (χ0v) is 12.8. The fourth-order valence-electron chi connectivity index (χ4n) is 1.43. The van der Waals surface area contributed by atoms with Crippen molar-refractivity contribution in [1.29, 1.82) is 0 Å². The van der Waals surface area contributed by atoms with E-state index in [2.05, 4.69) is 36.7 Å². The van der Waals surface area contributed by atoms with E-state index in [0.717, 1.165) is 22.0 Å². The lowest BCUT2D eigenvalue weighted by Gasteiger charge is -2.35. The Kier molecular flexibility index (Phi) is 4.36. The molecule has 0 heterocycles. The van der Waals surface area contributed by atoms with Gasteiger partial charge in [0.1, 0.15) is 0 Å². The lowest BCUT2D eigenvalue weighted by Crippen LogP contribution is -2.44. The van der Waals surface area contributed by atoms with Crippen molar-refractivity contribution in [3.05, 3.63) is 33.8 Å². The van der Waals surface area contributed by atoms with E-state index in [1.54, 1.807) is 0 Å². The number of carbonyl (C=O) groups excluding carboxylic acids is 1. The molecule has 1 rings (SSSR count). The Labute approximate surface area is 112 Å². The molecule has 0 aliphatic carbocycles. The van der Waals surface area contributed by atoms with Crippen LogP contribution in [0, 0.1) is 6.92 Å². The maximum Gasteiger partial charge on any atom is 0.254 e. The van der Waals surface area contributed by atoms with Crippen molar-refractivity contribution in [2.24, 2.45) is 0 Å². The first kappa shape index (κ1) is 14.2. The summed E-state index contributed by atoms with van der Waals surface area (Å²) in [6.45, 7) is 8.26. The molecular formula is C14H20BrNO. The molecule has 1 amide bonds. The molecule has 0 N–H and O–H groups in total. The van der Waals surface area contributed by atoms with Crippen molar-refractivity contribution in [3.8, 4) is 0 Å². The molecule has 17 heavy (non-hydrogen) atoms.